The topological polar surface area (TPSA) is 210 Å². The number of rotatable bonds is 3. The Morgan fingerprint density at radius 1 is 0.706 bits per heavy atom. The van der Waals surface area contributed by atoms with Crippen LogP contribution in [0.2, 0.25) is 0 Å². The van der Waals surface area contributed by atoms with Crippen molar-refractivity contribution in [1.29, 1.82) is 0 Å². The number of nitrogens with two attached hydrogens (primary N) is 3. The summed E-state index contributed by atoms with van der Waals surface area (Å²) in [6.07, 6.45) is 0. The van der Waals surface area contributed by atoms with E-state index in [2.05, 4.69) is 17.2 Å². The Labute approximate surface area is 97.6 Å². The van der Waals surface area contributed by atoms with Gasteiger partial charge in [0.25, 0.3) is 0 Å². The predicted molar refractivity (Wildman–Crippen MR) is 58.2 cm³/mol. The lowest BCUT2D eigenvalue weighted by molar-refractivity contribution is -0.136. The summed E-state index contributed by atoms with van der Waals surface area (Å²) in [5.41, 5.74) is 13.7. The quantitative estimate of drug-likeness (QED) is 0.267. The van der Waals surface area contributed by atoms with E-state index >= 15 is 0 Å². The molecule has 0 atom stereocenters. The lowest BCUT2D eigenvalue weighted by atomic mass is 10.7. The first-order valence-corrected chi connectivity index (χ1v) is 4.02. The van der Waals surface area contributed by atoms with Crippen LogP contribution in [-0.2, 0) is 14.4 Å². The molecule has 17 heavy (non-hydrogen) atoms. The van der Waals surface area contributed by atoms with Gasteiger partial charge in [-0.25, -0.2) is 0 Å². The van der Waals surface area contributed by atoms with Crippen LogP contribution in [-0.4, -0.2) is 65.1 Å². The molecule has 0 aliphatic rings. The molecule has 0 amide bonds. The number of aliphatic hydroxyl groups is 1. The first-order valence-electron chi connectivity index (χ1n) is 4.02. The molecule has 0 aliphatic heterocycles. The zero-order chi connectivity index (χ0) is 14.9. The Morgan fingerprint density at radius 2 is 0.765 bits per heavy atom. The van der Waals surface area contributed by atoms with Gasteiger partial charge in [-0.3, -0.25) is 14.4 Å². The molecule has 0 heterocycles. The fourth-order valence-electron chi connectivity index (χ4n) is 0. The van der Waals surface area contributed by atoms with Crippen LogP contribution >= 0.6 is 0 Å². The molecule has 0 aliphatic carbocycles. The minimum Gasteiger partial charge on any atom is -0.480 e. The van der Waals surface area contributed by atoms with Gasteiger partial charge in [0.2, 0.25) is 0 Å². The fourth-order valence-corrected chi connectivity index (χ4v) is 0. The van der Waals surface area contributed by atoms with E-state index in [0.717, 1.165) is 7.11 Å². The number of carbonyl (C=O) groups is 3. The highest BCUT2D eigenvalue weighted by atomic mass is 16.4. The molecule has 0 bridgehead atoms. The van der Waals surface area contributed by atoms with Crippen molar-refractivity contribution in [3.05, 3.63) is 0 Å². The van der Waals surface area contributed by atoms with Gasteiger partial charge in [-0.2, -0.15) is 0 Å². The minimum atomic E-state index is -0.968. The number of hydrogen-bond acceptors (Lipinski definition) is 7. The molecule has 0 fully saturated rings. The summed E-state index contributed by atoms with van der Waals surface area (Å²) in [5.74, 6) is -2.90. The molecular weight excluding hydrogens is 238 g/mol. The third kappa shape index (κ3) is 118. The minimum absolute atomic E-state index is 0.278. The largest absolute Gasteiger partial charge is 0.480 e. The second-order valence-electron chi connectivity index (χ2n) is 1.79. The first kappa shape index (κ1) is 24.5. The molecule has 0 radical (unpaired) electrons. The van der Waals surface area contributed by atoms with E-state index in [9.17, 15) is 14.4 Å². The third-order valence-corrected chi connectivity index (χ3v) is 0.524. The molecular formula is C7H19N3O7. The Hall–Kier alpha value is -1.75. The Morgan fingerprint density at radius 3 is 0.765 bits per heavy atom. The molecule has 0 aromatic heterocycles. The Kier molecular flexibility index (Phi) is 34.3. The molecule has 0 unspecified atom stereocenters. The molecule has 10 nitrogen and oxygen atoms in total. The van der Waals surface area contributed by atoms with Crippen LogP contribution in [0.1, 0.15) is 0 Å². The highest BCUT2D eigenvalue weighted by Gasteiger charge is 1.81. The van der Waals surface area contributed by atoms with E-state index < -0.39 is 17.9 Å². The van der Waals surface area contributed by atoms with Gasteiger partial charge in [-0.15, -0.1) is 0 Å². The molecule has 0 spiro atoms. The highest BCUT2D eigenvalue weighted by molar-refractivity contribution is 5.69. The summed E-state index contributed by atoms with van der Waals surface area (Å²) < 4.78 is 0. The van der Waals surface area contributed by atoms with Crippen molar-refractivity contribution in [3.63, 3.8) is 0 Å². The average Bonchev–Trinajstić information content (AvgIpc) is 2.32. The van der Waals surface area contributed by atoms with Crippen LogP contribution in [0.4, 0.5) is 0 Å². The van der Waals surface area contributed by atoms with E-state index in [-0.39, 0.29) is 19.6 Å². The molecule has 10 heteroatoms. The van der Waals surface area contributed by atoms with E-state index in [0.29, 0.717) is 0 Å². The smallest absolute Gasteiger partial charge is 0.317 e. The Balaban J connectivity index is -0.0000000693. The zero-order valence-electron chi connectivity index (χ0n) is 9.37. The SMILES string of the molecule is CO.NCC(=O)O.NCC(=O)O.NCC(=O)O. The maximum absolute atomic E-state index is 9.24. The molecule has 0 aromatic rings. The van der Waals surface area contributed by atoms with Crippen LogP contribution < -0.4 is 17.2 Å². The lowest BCUT2D eigenvalue weighted by Crippen LogP contribution is -2.10. The zero-order valence-corrected chi connectivity index (χ0v) is 9.37. The van der Waals surface area contributed by atoms with Crippen molar-refractivity contribution >= 4 is 17.9 Å². The molecule has 0 saturated carbocycles. The van der Waals surface area contributed by atoms with Crippen molar-refractivity contribution < 1.29 is 34.8 Å². The first-order chi connectivity index (χ1) is 7.81. The molecule has 0 aromatic carbocycles. The van der Waals surface area contributed by atoms with Crippen molar-refractivity contribution in [1.82, 2.24) is 0 Å². The van der Waals surface area contributed by atoms with Crippen LogP contribution in [0.3, 0.4) is 0 Å². The highest BCUT2D eigenvalue weighted by Crippen LogP contribution is 1.44. The summed E-state index contributed by atoms with van der Waals surface area (Å²) in [6.45, 7) is -0.833. The molecule has 0 saturated heterocycles. The number of carboxylic acid groups (broad SMARTS) is 3. The molecule has 104 valence electrons. The van der Waals surface area contributed by atoms with Crippen LogP contribution in [0, 0.1) is 0 Å². The number of aliphatic hydroxyl groups excluding tert-OH is 1. The van der Waals surface area contributed by atoms with Gasteiger partial charge in [0.1, 0.15) is 0 Å². The van der Waals surface area contributed by atoms with Crippen LogP contribution in [0.25, 0.3) is 0 Å². The van der Waals surface area contributed by atoms with E-state index in [1.807, 2.05) is 0 Å². The van der Waals surface area contributed by atoms with Crippen molar-refractivity contribution in [2.75, 3.05) is 26.7 Å². The van der Waals surface area contributed by atoms with Crippen LogP contribution in [0.5, 0.6) is 0 Å². The molecule has 0 rings (SSSR count). The maximum Gasteiger partial charge on any atom is 0.317 e. The predicted octanol–water partition coefficient (Wildman–Crippen LogP) is -3.30. The van der Waals surface area contributed by atoms with E-state index in [1.165, 1.54) is 0 Å². The Bertz CT molecular complexity index is 165. The number of hydrogen-bond donors (Lipinski definition) is 7. The second-order valence-corrected chi connectivity index (χ2v) is 1.79. The van der Waals surface area contributed by atoms with E-state index in [1.54, 1.807) is 0 Å². The second kappa shape index (κ2) is 23.8. The van der Waals surface area contributed by atoms with Gasteiger partial charge in [0.05, 0.1) is 19.6 Å². The van der Waals surface area contributed by atoms with Gasteiger partial charge in [-0.05, 0) is 0 Å². The van der Waals surface area contributed by atoms with Gasteiger partial charge < -0.3 is 37.6 Å². The van der Waals surface area contributed by atoms with E-state index in [4.69, 9.17) is 20.4 Å². The summed E-state index contributed by atoms with van der Waals surface area (Å²) in [4.78, 5) is 27.7. The van der Waals surface area contributed by atoms with Gasteiger partial charge in [0, 0.05) is 7.11 Å². The lowest BCUT2D eigenvalue weighted by Gasteiger charge is -1.73. The maximum atomic E-state index is 9.24. The standard InChI is InChI=1S/3C2H5NO2.CH4O/c3*3-1-2(4)5;1-2/h3*1,3H2,(H,4,5);2H,1H3. The van der Waals surface area contributed by atoms with Crippen molar-refractivity contribution in [3.8, 4) is 0 Å². The normalized spacial score (nSPS) is 6.88. The summed E-state index contributed by atoms with van der Waals surface area (Å²) in [5, 5.41) is 29.8. The monoisotopic (exact) mass is 257 g/mol. The number of aliphatic carboxylic acids is 3. The van der Waals surface area contributed by atoms with Crippen LogP contribution in [0.15, 0.2) is 0 Å². The summed E-state index contributed by atoms with van der Waals surface area (Å²) in [7, 11) is 1.00. The molecule has 10 N–H and O–H groups in total. The third-order valence-electron chi connectivity index (χ3n) is 0.524. The fraction of sp³-hybridized carbons (Fsp3) is 0.571. The summed E-state index contributed by atoms with van der Waals surface area (Å²) >= 11 is 0. The van der Waals surface area contributed by atoms with Gasteiger partial charge in [-0.1, -0.05) is 0 Å². The van der Waals surface area contributed by atoms with Gasteiger partial charge >= 0.3 is 17.9 Å². The van der Waals surface area contributed by atoms with Crippen molar-refractivity contribution in [2.24, 2.45) is 17.2 Å². The van der Waals surface area contributed by atoms with Gasteiger partial charge in [0.15, 0.2) is 0 Å². The summed E-state index contributed by atoms with van der Waals surface area (Å²) in [6, 6.07) is 0. The van der Waals surface area contributed by atoms with Crippen molar-refractivity contribution in [2.45, 2.75) is 0 Å². The average molecular weight is 257 g/mol. The number of carboxylic acids is 3.